The highest BCUT2D eigenvalue weighted by molar-refractivity contribution is 9.10. The van der Waals surface area contributed by atoms with Gasteiger partial charge in [0.25, 0.3) is 0 Å². The molecule has 1 aliphatic rings. The van der Waals surface area contributed by atoms with Crippen molar-refractivity contribution in [3.05, 3.63) is 28.2 Å². The van der Waals surface area contributed by atoms with E-state index in [4.69, 9.17) is 9.84 Å². The van der Waals surface area contributed by atoms with E-state index in [1.165, 1.54) is 12.8 Å². The fourth-order valence-electron chi connectivity index (χ4n) is 1.95. The standard InChI is InChI=1S/C12H13BrO3/c13-9-5-8(12(14)15)6-11(7-9)16-10-3-1-2-4-10/h5-7,10H,1-4H2,(H,14,15). The fourth-order valence-corrected chi connectivity index (χ4v) is 2.43. The van der Waals surface area contributed by atoms with E-state index in [1.54, 1.807) is 12.1 Å². The van der Waals surface area contributed by atoms with E-state index in [0.717, 1.165) is 17.3 Å². The number of hydrogen-bond donors (Lipinski definition) is 1. The summed E-state index contributed by atoms with van der Waals surface area (Å²) in [5.41, 5.74) is 0.252. The van der Waals surface area contributed by atoms with Crippen molar-refractivity contribution in [1.29, 1.82) is 0 Å². The fraction of sp³-hybridized carbons (Fsp3) is 0.417. The van der Waals surface area contributed by atoms with Crippen molar-refractivity contribution in [2.45, 2.75) is 31.8 Å². The van der Waals surface area contributed by atoms with Crippen molar-refractivity contribution < 1.29 is 14.6 Å². The zero-order chi connectivity index (χ0) is 11.5. The average molecular weight is 285 g/mol. The van der Waals surface area contributed by atoms with Crippen LogP contribution in [0.1, 0.15) is 36.0 Å². The summed E-state index contributed by atoms with van der Waals surface area (Å²) in [6.07, 6.45) is 4.77. The largest absolute Gasteiger partial charge is 0.490 e. The number of ether oxygens (including phenoxy) is 1. The zero-order valence-electron chi connectivity index (χ0n) is 8.78. The maximum atomic E-state index is 10.9. The summed E-state index contributed by atoms with van der Waals surface area (Å²) in [7, 11) is 0. The molecular weight excluding hydrogens is 272 g/mol. The molecule has 0 aliphatic heterocycles. The zero-order valence-corrected chi connectivity index (χ0v) is 10.4. The number of aromatic carboxylic acids is 1. The van der Waals surface area contributed by atoms with Gasteiger partial charge in [0.05, 0.1) is 11.7 Å². The van der Waals surface area contributed by atoms with E-state index in [0.29, 0.717) is 5.75 Å². The molecule has 86 valence electrons. The van der Waals surface area contributed by atoms with Gasteiger partial charge in [-0.3, -0.25) is 0 Å². The molecular formula is C12H13BrO3. The topological polar surface area (TPSA) is 46.5 Å². The van der Waals surface area contributed by atoms with Crippen molar-refractivity contribution >= 4 is 21.9 Å². The molecule has 0 radical (unpaired) electrons. The predicted molar refractivity (Wildman–Crippen MR) is 64.0 cm³/mol. The van der Waals surface area contributed by atoms with Crippen LogP contribution < -0.4 is 4.74 Å². The number of carboxylic acids is 1. The summed E-state index contributed by atoms with van der Waals surface area (Å²) in [5, 5.41) is 8.92. The van der Waals surface area contributed by atoms with Crippen LogP contribution in [0.2, 0.25) is 0 Å². The molecule has 1 saturated carbocycles. The number of rotatable bonds is 3. The van der Waals surface area contributed by atoms with E-state index < -0.39 is 5.97 Å². The molecule has 1 aliphatic carbocycles. The highest BCUT2D eigenvalue weighted by Crippen LogP contribution is 2.27. The first kappa shape index (κ1) is 11.5. The number of benzene rings is 1. The molecule has 16 heavy (non-hydrogen) atoms. The highest BCUT2D eigenvalue weighted by atomic mass is 79.9. The van der Waals surface area contributed by atoms with E-state index in [-0.39, 0.29) is 11.7 Å². The molecule has 3 nitrogen and oxygen atoms in total. The van der Waals surface area contributed by atoms with Gasteiger partial charge in [-0.05, 0) is 43.9 Å². The molecule has 1 aromatic rings. The molecule has 4 heteroatoms. The van der Waals surface area contributed by atoms with Gasteiger partial charge in [0.15, 0.2) is 0 Å². The molecule has 0 bridgehead atoms. The lowest BCUT2D eigenvalue weighted by Crippen LogP contribution is -2.11. The van der Waals surface area contributed by atoms with Gasteiger partial charge in [0, 0.05) is 4.47 Å². The maximum absolute atomic E-state index is 10.9. The van der Waals surface area contributed by atoms with Crippen LogP contribution in [-0.2, 0) is 0 Å². The average Bonchev–Trinajstić information content (AvgIpc) is 2.69. The summed E-state index contributed by atoms with van der Waals surface area (Å²) >= 11 is 3.29. The smallest absolute Gasteiger partial charge is 0.335 e. The Labute approximate surface area is 103 Å². The monoisotopic (exact) mass is 284 g/mol. The first-order valence-electron chi connectivity index (χ1n) is 5.36. The first-order chi connectivity index (χ1) is 7.65. The van der Waals surface area contributed by atoms with Crippen LogP contribution in [0.4, 0.5) is 0 Å². The number of halogens is 1. The first-order valence-corrected chi connectivity index (χ1v) is 6.15. The predicted octanol–water partition coefficient (Wildman–Crippen LogP) is 3.47. The Morgan fingerprint density at radius 3 is 2.62 bits per heavy atom. The minimum atomic E-state index is -0.933. The van der Waals surface area contributed by atoms with Crippen LogP contribution in [-0.4, -0.2) is 17.2 Å². The Morgan fingerprint density at radius 2 is 2.00 bits per heavy atom. The Balaban J connectivity index is 2.16. The van der Waals surface area contributed by atoms with E-state index >= 15 is 0 Å². The Morgan fingerprint density at radius 1 is 1.31 bits per heavy atom. The SMILES string of the molecule is O=C(O)c1cc(Br)cc(OC2CCCC2)c1. The van der Waals surface area contributed by atoms with Gasteiger partial charge in [-0.1, -0.05) is 15.9 Å². The van der Waals surface area contributed by atoms with Crippen molar-refractivity contribution in [3.8, 4) is 5.75 Å². The Hall–Kier alpha value is -1.03. The third kappa shape index (κ3) is 2.76. The van der Waals surface area contributed by atoms with Gasteiger partial charge in [-0.15, -0.1) is 0 Å². The van der Waals surface area contributed by atoms with Crippen molar-refractivity contribution in [3.63, 3.8) is 0 Å². The number of hydrogen-bond acceptors (Lipinski definition) is 2. The van der Waals surface area contributed by atoms with E-state index in [9.17, 15) is 4.79 Å². The quantitative estimate of drug-likeness (QED) is 0.925. The second-order valence-corrected chi connectivity index (χ2v) is 4.92. The van der Waals surface area contributed by atoms with Gasteiger partial charge in [-0.25, -0.2) is 4.79 Å². The van der Waals surface area contributed by atoms with Gasteiger partial charge in [-0.2, -0.15) is 0 Å². The lowest BCUT2D eigenvalue weighted by atomic mass is 10.2. The van der Waals surface area contributed by atoms with Crippen molar-refractivity contribution in [2.75, 3.05) is 0 Å². The number of carboxylic acid groups (broad SMARTS) is 1. The van der Waals surface area contributed by atoms with Crippen LogP contribution in [0.15, 0.2) is 22.7 Å². The second kappa shape index (κ2) is 4.87. The van der Waals surface area contributed by atoms with Gasteiger partial charge in [0.2, 0.25) is 0 Å². The molecule has 1 N–H and O–H groups in total. The molecule has 0 unspecified atom stereocenters. The lowest BCUT2D eigenvalue weighted by molar-refractivity contribution is 0.0696. The van der Waals surface area contributed by atoms with Crippen LogP contribution in [0, 0.1) is 0 Å². The Bertz CT molecular complexity index is 397. The van der Waals surface area contributed by atoms with Crippen molar-refractivity contribution in [2.24, 2.45) is 0 Å². The van der Waals surface area contributed by atoms with Gasteiger partial charge in [0.1, 0.15) is 5.75 Å². The molecule has 0 saturated heterocycles. The van der Waals surface area contributed by atoms with Crippen LogP contribution in [0.25, 0.3) is 0 Å². The highest BCUT2D eigenvalue weighted by Gasteiger charge is 2.17. The minimum absolute atomic E-state index is 0.246. The van der Waals surface area contributed by atoms with Crippen LogP contribution in [0.5, 0.6) is 5.75 Å². The molecule has 0 spiro atoms. The molecule has 0 atom stereocenters. The summed E-state index contributed by atoms with van der Waals surface area (Å²) < 4.78 is 6.49. The molecule has 1 aromatic carbocycles. The van der Waals surface area contributed by atoms with E-state index in [2.05, 4.69) is 15.9 Å². The lowest BCUT2D eigenvalue weighted by Gasteiger charge is -2.13. The van der Waals surface area contributed by atoms with Crippen LogP contribution >= 0.6 is 15.9 Å². The third-order valence-electron chi connectivity index (χ3n) is 2.72. The summed E-state index contributed by atoms with van der Waals surface area (Å²) in [6, 6.07) is 4.96. The molecule has 1 fully saturated rings. The third-order valence-corrected chi connectivity index (χ3v) is 3.18. The molecule has 0 aromatic heterocycles. The molecule has 2 rings (SSSR count). The summed E-state index contributed by atoms with van der Waals surface area (Å²) in [5.74, 6) is -0.295. The van der Waals surface area contributed by atoms with E-state index in [1.807, 2.05) is 6.07 Å². The van der Waals surface area contributed by atoms with Gasteiger partial charge < -0.3 is 9.84 Å². The Kier molecular flexibility index (Phi) is 3.49. The maximum Gasteiger partial charge on any atom is 0.335 e. The molecule has 0 heterocycles. The number of carbonyl (C=O) groups is 1. The second-order valence-electron chi connectivity index (χ2n) is 4.01. The normalized spacial score (nSPS) is 16.3. The summed E-state index contributed by atoms with van der Waals surface area (Å²) in [4.78, 5) is 10.9. The summed E-state index contributed by atoms with van der Waals surface area (Å²) in [6.45, 7) is 0. The minimum Gasteiger partial charge on any atom is -0.490 e. The van der Waals surface area contributed by atoms with Crippen LogP contribution in [0.3, 0.4) is 0 Å². The van der Waals surface area contributed by atoms with Gasteiger partial charge >= 0.3 is 5.97 Å². The molecule has 0 amide bonds. The van der Waals surface area contributed by atoms with Crippen molar-refractivity contribution in [1.82, 2.24) is 0 Å².